The van der Waals surface area contributed by atoms with Gasteiger partial charge in [0.05, 0.1) is 24.3 Å². The van der Waals surface area contributed by atoms with Gasteiger partial charge in [0.1, 0.15) is 0 Å². The molecule has 2 heterocycles. The zero-order valence-electron chi connectivity index (χ0n) is 12.1. The Kier molecular flexibility index (Phi) is 4.24. The highest BCUT2D eigenvalue weighted by molar-refractivity contribution is 6.33. The van der Waals surface area contributed by atoms with Crippen LogP contribution in [-0.4, -0.2) is 40.3 Å². The van der Waals surface area contributed by atoms with Gasteiger partial charge in [0.2, 0.25) is 11.7 Å². The summed E-state index contributed by atoms with van der Waals surface area (Å²) >= 11 is 6.15. The Balaban J connectivity index is 1.75. The van der Waals surface area contributed by atoms with Crippen LogP contribution in [0.5, 0.6) is 0 Å². The fourth-order valence-electron chi connectivity index (χ4n) is 2.44. The Hall–Kier alpha value is -1.43. The highest BCUT2D eigenvalue weighted by Crippen LogP contribution is 2.25. The van der Waals surface area contributed by atoms with Gasteiger partial charge in [-0.3, -0.25) is 4.90 Å². The van der Waals surface area contributed by atoms with E-state index in [9.17, 15) is 0 Å². The number of rotatable bonds is 3. The van der Waals surface area contributed by atoms with E-state index in [2.05, 4.69) is 28.9 Å². The predicted molar refractivity (Wildman–Crippen MR) is 80.0 cm³/mol. The second kappa shape index (κ2) is 6.13. The first-order chi connectivity index (χ1) is 10.1. The van der Waals surface area contributed by atoms with Crippen LogP contribution in [0, 0.1) is 0 Å². The quantitative estimate of drug-likeness (QED) is 0.872. The van der Waals surface area contributed by atoms with Crippen LogP contribution < -0.4 is 0 Å². The second-order valence-corrected chi connectivity index (χ2v) is 5.82. The van der Waals surface area contributed by atoms with Crippen molar-refractivity contribution in [3.63, 3.8) is 0 Å². The summed E-state index contributed by atoms with van der Waals surface area (Å²) in [7, 11) is 0. The topological polar surface area (TPSA) is 51.4 Å². The van der Waals surface area contributed by atoms with Crippen LogP contribution in [0.15, 0.2) is 28.8 Å². The van der Waals surface area contributed by atoms with Crippen LogP contribution >= 0.6 is 11.6 Å². The first-order valence-electron chi connectivity index (χ1n) is 7.06. The molecule has 2 atom stereocenters. The van der Waals surface area contributed by atoms with Crippen molar-refractivity contribution in [3.05, 3.63) is 35.2 Å². The molecule has 1 aliphatic heterocycles. The van der Waals surface area contributed by atoms with E-state index in [1.165, 1.54) is 0 Å². The van der Waals surface area contributed by atoms with Crippen molar-refractivity contribution >= 4 is 11.6 Å². The number of morpholine rings is 1. The monoisotopic (exact) mass is 307 g/mol. The first-order valence-corrected chi connectivity index (χ1v) is 7.44. The molecule has 0 spiro atoms. The van der Waals surface area contributed by atoms with E-state index in [4.69, 9.17) is 20.9 Å². The van der Waals surface area contributed by atoms with Gasteiger partial charge in [0, 0.05) is 18.2 Å². The molecule has 2 aromatic rings. The molecule has 1 aliphatic rings. The number of ether oxygens (including phenoxy) is 1. The summed E-state index contributed by atoms with van der Waals surface area (Å²) in [6, 6.07) is 7.83. The summed E-state index contributed by atoms with van der Waals surface area (Å²) in [5.41, 5.74) is 0.789. The summed E-state index contributed by atoms with van der Waals surface area (Å²) in [5, 5.41) is 4.65. The van der Waals surface area contributed by atoms with Crippen LogP contribution in [0.25, 0.3) is 11.4 Å². The van der Waals surface area contributed by atoms with E-state index in [1.807, 2.05) is 24.3 Å². The standard InChI is InChI=1S/C15H18ClN3O2/c1-10-9-20-11(2)7-19(10)8-14-17-15(18-21-14)12-5-3-4-6-13(12)16/h3-6,10-11H,7-9H2,1-2H3. The maximum absolute atomic E-state index is 6.15. The lowest BCUT2D eigenvalue weighted by Gasteiger charge is -2.35. The van der Waals surface area contributed by atoms with E-state index < -0.39 is 0 Å². The molecule has 0 aliphatic carbocycles. The average Bonchev–Trinajstić information content (AvgIpc) is 2.92. The van der Waals surface area contributed by atoms with E-state index in [0.29, 0.717) is 29.3 Å². The lowest BCUT2D eigenvalue weighted by molar-refractivity contribution is -0.0555. The van der Waals surface area contributed by atoms with Gasteiger partial charge < -0.3 is 9.26 Å². The molecule has 1 saturated heterocycles. The third kappa shape index (κ3) is 3.26. The molecule has 3 rings (SSSR count). The Morgan fingerprint density at radius 2 is 2.14 bits per heavy atom. The number of benzene rings is 1. The summed E-state index contributed by atoms with van der Waals surface area (Å²) in [5.74, 6) is 1.13. The third-order valence-electron chi connectivity index (χ3n) is 3.66. The van der Waals surface area contributed by atoms with E-state index in [1.54, 1.807) is 0 Å². The van der Waals surface area contributed by atoms with Gasteiger partial charge in [-0.25, -0.2) is 0 Å². The van der Waals surface area contributed by atoms with Crippen LogP contribution in [-0.2, 0) is 11.3 Å². The maximum atomic E-state index is 6.15. The minimum absolute atomic E-state index is 0.229. The fourth-order valence-corrected chi connectivity index (χ4v) is 2.66. The third-order valence-corrected chi connectivity index (χ3v) is 3.99. The zero-order chi connectivity index (χ0) is 14.8. The number of aromatic nitrogens is 2. The van der Waals surface area contributed by atoms with Crippen molar-refractivity contribution in [2.24, 2.45) is 0 Å². The van der Waals surface area contributed by atoms with Crippen LogP contribution in [0.2, 0.25) is 5.02 Å². The Labute approximate surface area is 128 Å². The SMILES string of the molecule is CC1CN(Cc2nc(-c3ccccc3Cl)no2)C(C)CO1. The molecule has 2 unspecified atom stereocenters. The first kappa shape index (κ1) is 14.5. The molecule has 21 heavy (non-hydrogen) atoms. The number of halogens is 1. The van der Waals surface area contributed by atoms with Crippen molar-refractivity contribution in [2.75, 3.05) is 13.2 Å². The van der Waals surface area contributed by atoms with Crippen molar-refractivity contribution in [2.45, 2.75) is 32.5 Å². The van der Waals surface area contributed by atoms with Gasteiger partial charge in [-0.1, -0.05) is 28.9 Å². The Bertz CT molecular complexity index is 616. The van der Waals surface area contributed by atoms with Crippen LogP contribution in [0.3, 0.4) is 0 Å². The molecule has 1 aromatic carbocycles. The van der Waals surface area contributed by atoms with Crippen molar-refractivity contribution in [3.8, 4) is 11.4 Å². The second-order valence-electron chi connectivity index (χ2n) is 5.41. The normalized spacial score (nSPS) is 23.4. The molecule has 0 amide bonds. The number of nitrogens with zero attached hydrogens (tertiary/aromatic N) is 3. The molecule has 0 radical (unpaired) electrons. The van der Waals surface area contributed by atoms with Gasteiger partial charge >= 0.3 is 0 Å². The molecular formula is C15H18ClN3O2. The largest absolute Gasteiger partial charge is 0.376 e. The fraction of sp³-hybridized carbons (Fsp3) is 0.467. The predicted octanol–water partition coefficient (Wildman–Crippen LogP) is 3.00. The Morgan fingerprint density at radius 1 is 1.33 bits per heavy atom. The highest BCUT2D eigenvalue weighted by atomic mass is 35.5. The summed E-state index contributed by atoms with van der Waals surface area (Å²) in [4.78, 5) is 6.74. The minimum Gasteiger partial charge on any atom is -0.376 e. The lowest BCUT2D eigenvalue weighted by atomic mass is 10.2. The molecule has 6 heteroatoms. The van der Waals surface area contributed by atoms with Crippen molar-refractivity contribution < 1.29 is 9.26 Å². The minimum atomic E-state index is 0.229. The molecule has 1 aromatic heterocycles. The summed E-state index contributed by atoms with van der Waals surface area (Å²) in [6.07, 6.45) is 0.229. The van der Waals surface area contributed by atoms with E-state index in [-0.39, 0.29) is 6.10 Å². The highest BCUT2D eigenvalue weighted by Gasteiger charge is 2.25. The molecular weight excluding hydrogens is 290 g/mol. The number of hydrogen-bond acceptors (Lipinski definition) is 5. The van der Waals surface area contributed by atoms with E-state index in [0.717, 1.165) is 18.7 Å². The van der Waals surface area contributed by atoms with Gasteiger partial charge in [-0.05, 0) is 26.0 Å². The van der Waals surface area contributed by atoms with Gasteiger partial charge in [0.15, 0.2) is 0 Å². The molecule has 5 nitrogen and oxygen atoms in total. The summed E-state index contributed by atoms with van der Waals surface area (Å²) in [6.45, 7) is 6.43. The molecule has 0 saturated carbocycles. The van der Waals surface area contributed by atoms with Gasteiger partial charge in [0.25, 0.3) is 0 Å². The Morgan fingerprint density at radius 3 is 2.95 bits per heavy atom. The van der Waals surface area contributed by atoms with E-state index >= 15 is 0 Å². The number of hydrogen-bond donors (Lipinski definition) is 0. The smallest absolute Gasteiger partial charge is 0.241 e. The summed E-state index contributed by atoms with van der Waals surface area (Å²) < 4.78 is 11.0. The molecule has 0 bridgehead atoms. The van der Waals surface area contributed by atoms with Crippen molar-refractivity contribution in [1.29, 1.82) is 0 Å². The van der Waals surface area contributed by atoms with Gasteiger partial charge in [-0.15, -0.1) is 0 Å². The lowest BCUT2D eigenvalue weighted by Crippen LogP contribution is -2.46. The van der Waals surface area contributed by atoms with Gasteiger partial charge in [-0.2, -0.15) is 4.98 Å². The van der Waals surface area contributed by atoms with Crippen LogP contribution in [0.4, 0.5) is 0 Å². The molecule has 112 valence electrons. The van der Waals surface area contributed by atoms with Crippen molar-refractivity contribution in [1.82, 2.24) is 15.0 Å². The molecule has 0 N–H and O–H groups in total. The maximum Gasteiger partial charge on any atom is 0.241 e. The van der Waals surface area contributed by atoms with Crippen LogP contribution in [0.1, 0.15) is 19.7 Å². The molecule has 1 fully saturated rings. The zero-order valence-corrected chi connectivity index (χ0v) is 12.9. The average molecular weight is 308 g/mol.